The molecule has 1 aliphatic heterocycles. The first-order valence-electron chi connectivity index (χ1n) is 7.84. The number of methoxy groups -OCH3 is 2. The highest BCUT2D eigenvalue weighted by Crippen LogP contribution is 2.35. The molecule has 140 valence electrons. The van der Waals surface area contributed by atoms with Gasteiger partial charge in [0.2, 0.25) is 0 Å². The molecule has 0 fully saturated rings. The molecule has 0 unspecified atom stereocenters. The van der Waals surface area contributed by atoms with E-state index in [0.717, 1.165) is 6.07 Å². The van der Waals surface area contributed by atoms with Crippen LogP contribution < -0.4 is 19.9 Å². The van der Waals surface area contributed by atoms with Crippen LogP contribution in [0.25, 0.3) is 5.70 Å². The third-order valence-corrected chi connectivity index (χ3v) is 4.09. The number of nitrogens with one attached hydrogen (secondary N) is 1. The largest absolute Gasteiger partial charge is 0.497 e. The predicted octanol–water partition coefficient (Wildman–Crippen LogP) is 2.89. The standard InChI is InChI=1S/C17H16N4O6/c1-26-12-4-6-15(17(10-12)27-2)19-8-7-14(18-19)13-5-3-11(20(22)23)9-16(13)21(24)25/h3-7,9-10,18H,8H2,1-2H3. The van der Waals surface area contributed by atoms with E-state index >= 15 is 0 Å². The van der Waals surface area contributed by atoms with Crippen LogP contribution in [-0.4, -0.2) is 30.6 Å². The average Bonchev–Trinajstić information content (AvgIpc) is 3.16. The van der Waals surface area contributed by atoms with Crippen LogP contribution in [0.4, 0.5) is 17.1 Å². The van der Waals surface area contributed by atoms with Crippen molar-refractivity contribution in [3.8, 4) is 11.5 Å². The molecule has 0 bridgehead atoms. The van der Waals surface area contributed by atoms with E-state index in [4.69, 9.17) is 9.47 Å². The first-order chi connectivity index (χ1) is 12.9. The van der Waals surface area contributed by atoms with E-state index in [1.54, 1.807) is 36.4 Å². The van der Waals surface area contributed by atoms with Crippen molar-refractivity contribution in [3.05, 3.63) is 68.3 Å². The third kappa shape index (κ3) is 3.45. The molecule has 0 atom stereocenters. The van der Waals surface area contributed by atoms with Gasteiger partial charge in [-0.1, -0.05) is 0 Å². The van der Waals surface area contributed by atoms with Crippen LogP contribution in [-0.2, 0) is 0 Å². The van der Waals surface area contributed by atoms with Crippen LogP contribution in [0.5, 0.6) is 11.5 Å². The summed E-state index contributed by atoms with van der Waals surface area (Å²) in [6.45, 7) is 0.423. The molecule has 1 heterocycles. The number of non-ortho nitro benzene ring substituents is 1. The fourth-order valence-electron chi connectivity index (χ4n) is 2.77. The van der Waals surface area contributed by atoms with Gasteiger partial charge < -0.3 is 9.47 Å². The van der Waals surface area contributed by atoms with Crippen LogP contribution in [0, 0.1) is 20.2 Å². The van der Waals surface area contributed by atoms with Gasteiger partial charge in [-0.15, -0.1) is 0 Å². The minimum absolute atomic E-state index is 0.264. The van der Waals surface area contributed by atoms with E-state index in [9.17, 15) is 20.2 Å². The molecular formula is C17H16N4O6. The van der Waals surface area contributed by atoms with Crippen molar-refractivity contribution in [2.45, 2.75) is 0 Å². The maximum absolute atomic E-state index is 11.4. The van der Waals surface area contributed by atoms with Gasteiger partial charge in [0, 0.05) is 12.1 Å². The van der Waals surface area contributed by atoms with Crippen LogP contribution >= 0.6 is 0 Å². The number of nitro benzene ring substituents is 2. The van der Waals surface area contributed by atoms with Crippen molar-refractivity contribution < 1.29 is 19.3 Å². The van der Waals surface area contributed by atoms with Gasteiger partial charge in [0.15, 0.2) is 0 Å². The fraction of sp³-hybridized carbons (Fsp3) is 0.176. The summed E-state index contributed by atoms with van der Waals surface area (Å²) in [5.41, 5.74) is 3.86. The van der Waals surface area contributed by atoms with E-state index in [0.29, 0.717) is 29.4 Å². The maximum Gasteiger partial charge on any atom is 0.285 e. The summed E-state index contributed by atoms with van der Waals surface area (Å²) in [6.07, 6.45) is 1.76. The predicted molar refractivity (Wildman–Crippen MR) is 97.8 cm³/mol. The van der Waals surface area contributed by atoms with Gasteiger partial charge in [-0.05, 0) is 24.3 Å². The number of ether oxygens (including phenoxy) is 2. The lowest BCUT2D eigenvalue weighted by Gasteiger charge is -2.23. The molecule has 3 rings (SSSR count). The van der Waals surface area contributed by atoms with Gasteiger partial charge in [0.05, 0.1) is 53.6 Å². The Balaban J connectivity index is 1.90. The minimum Gasteiger partial charge on any atom is -0.497 e. The molecule has 0 spiro atoms. The minimum atomic E-state index is -0.665. The molecule has 1 N–H and O–H groups in total. The molecule has 10 heteroatoms. The van der Waals surface area contributed by atoms with E-state index in [2.05, 4.69) is 5.43 Å². The highest BCUT2D eigenvalue weighted by atomic mass is 16.6. The Bertz CT molecular complexity index is 943. The molecule has 0 radical (unpaired) electrons. The van der Waals surface area contributed by atoms with Crippen molar-refractivity contribution in [2.75, 3.05) is 25.8 Å². The number of hydrazine groups is 1. The van der Waals surface area contributed by atoms with Gasteiger partial charge in [0.1, 0.15) is 11.5 Å². The molecule has 27 heavy (non-hydrogen) atoms. The van der Waals surface area contributed by atoms with Crippen molar-refractivity contribution >= 4 is 22.8 Å². The summed E-state index contributed by atoms with van der Waals surface area (Å²) < 4.78 is 10.6. The zero-order chi connectivity index (χ0) is 19.6. The van der Waals surface area contributed by atoms with Gasteiger partial charge in [0.25, 0.3) is 11.4 Å². The number of hydrogen-bond donors (Lipinski definition) is 1. The van der Waals surface area contributed by atoms with E-state index in [1.165, 1.54) is 19.2 Å². The molecule has 0 saturated heterocycles. The maximum atomic E-state index is 11.4. The Morgan fingerprint density at radius 1 is 1.04 bits per heavy atom. The first-order valence-corrected chi connectivity index (χ1v) is 7.84. The summed E-state index contributed by atoms with van der Waals surface area (Å²) in [7, 11) is 3.08. The number of rotatable bonds is 6. The molecule has 0 aliphatic carbocycles. The second kappa shape index (κ2) is 7.20. The Morgan fingerprint density at radius 2 is 1.81 bits per heavy atom. The third-order valence-electron chi connectivity index (χ3n) is 4.09. The van der Waals surface area contributed by atoms with Crippen LogP contribution in [0.3, 0.4) is 0 Å². The summed E-state index contributed by atoms with van der Waals surface area (Å²) in [5.74, 6) is 1.20. The van der Waals surface area contributed by atoms with Crippen molar-refractivity contribution in [2.24, 2.45) is 0 Å². The lowest BCUT2D eigenvalue weighted by atomic mass is 10.1. The van der Waals surface area contributed by atoms with E-state index < -0.39 is 9.85 Å². The second-order valence-corrected chi connectivity index (χ2v) is 5.59. The second-order valence-electron chi connectivity index (χ2n) is 5.59. The quantitative estimate of drug-likeness (QED) is 0.607. The molecule has 0 amide bonds. The van der Waals surface area contributed by atoms with Crippen molar-refractivity contribution in [1.29, 1.82) is 0 Å². The topological polar surface area (TPSA) is 120 Å². The van der Waals surface area contributed by atoms with Crippen LogP contribution in [0.15, 0.2) is 42.5 Å². The summed E-state index contributed by atoms with van der Waals surface area (Å²) in [5, 5.41) is 24.0. The summed E-state index contributed by atoms with van der Waals surface area (Å²) in [6, 6.07) is 8.85. The van der Waals surface area contributed by atoms with Crippen LogP contribution in [0.1, 0.15) is 5.56 Å². The summed E-state index contributed by atoms with van der Waals surface area (Å²) >= 11 is 0. The molecule has 1 aliphatic rings. The monoisotopic (exact) mass is 372 g/mol. The van der Waals surface area contributed by atoms with E-state index in [1.807, 2.05) is 0 Å². The zero-order valence-electron chi connectivity index (χ0n) is 14.5. The molecule has 2 aromatic rings. The van der Waals surface area contributed by atoms with Crippen LogP contribution in [0.2, 0.25) is 0 Å². The van der Waals surface area contributed by atoms with Gasteiger partial charge in [-0.2, -0.15) is 0 Å². The summed E-state index contributed by atoms with van der Waals surface area (Å²) in [4.78, 5) is 20.9. The fourth-order valence-corrected chi connectivity index (χ4v) is 2.77. The number of benzene rings is 2. The molecular weight excluding hydrogens is 356 g/mol. The smallest absolute Gasteiger partial charge is 0.285 e. The normalized spacial score (nSPS) is 13.0. The van der Waals surface area contributed by atoms with Gasteiger partial charge in [-0.25, -0.2) is 0 Å². The number of nitro groups is 2. The Kier molecular flexibility index (Phi) is 4.79. The number of hydrogen-bond acceptors (Lipinski definition) is 8. The zero-order valence-corrected chi connectivity index (χ0v) is 14.5. The first kappa shape index (κ1) is 18.0. The average molecular weight is 372 g/mol. The van der Waals surface area contributed by atoms with Crippen molar-refractivity contribution in [1.82, 2.24) is 5.43 Å². The Hall–Kier alpha value is -3.82. The lowest BCUT2D eigenvalue weighted by molar-refractivity contribution is -0.394. The van der Waals surface area contributed by atoms with Crippen molar-refractivity contribution in [3.63, 3.8) is 0 Å². The Morgan fingerprint density at radius 3 is 2.44 bits per heavy atom. The number of anilines is 1. The lowest BCUT2D eigenvalue weighted by Crippen LogP contribution is -2.31. The van der Waals surface area contributed by atoms with Gasteiger partial charge >= 0.3 is 0 Å². The van der Waals surface area contributed by atoms with E-state index in [-0.39, 0.29) is 16.9 Å². The highest BCUT2D eigenvalue weighted by molar-refractivity contribution is 5.77. The molecule has 10 nitrogen and oxygen atoms in total. The number of nitrogens with zero attached hydrogens (tertiary/aromatic N) is 3. The molecule has 0 aromatic heterocycles. The molecule has 0 saturated carbocycles. The SMILES string of the molecule is COc1ccc(N2CC=C(c3ccc([N+](=O)[O-])cc3[N+](=O)[O-])N2)c(OC)c1. The Labute approximate surface area is 153 Å². The highest BCUT2D eigenvalue weighted by Gasteiger charge is 2.26. The molecule has 2 aromatic carbocycles. The van der Waals surface area contributed by atoms with Gasteiger partial charge in [-0.3, -0.25) is 30.7 Å².